The number of amides is 2. The number of cyclic esters (lactones) is 1. The molecule has 0 spiro atoms. The first kappa shape index (κ1) is 16.3. The molecule has 8 nitrogen and oxygen atoms in total. The Hall–Kier alpha value is -2.61. The van der Waals surface area contributed by atoms with Crippen molar-refractivity contribution in [1.82, 2.24) is 19.7 Å². The Morgan fingerprint density at radius 1 is 1.50 bits per heavy atom. The van der Waals surface area contributed by atoms with Crippen LogP contribution < -0.4 is 4.90 Å². The second-order valence-corrected chi connectivity index (χ2v) is 5.62. The number of nitrogens with zero attached hydrogens (tertiary/aromatic N) is 5. The largest absolute Gasteiger partial charge is 0.448 e. The zero-order chi connectivity index (χ0) is 17.1. The lowest BCUT2D eigenvalue weighted by Gasteiger charge is -2.17. The van der Waals surface area contributed by atoms with E-state index in [1.807, 2.05) is 6.07 Å². The van der Waals surface area contributed by atoms with Crippen molar-refractivity contribution in [2.24, 2.45) is 0 Å². The standard InChI is InChI=1S/C15H16ClN5O3/c1-19(13(22)4-6-20-7-8-24-15(20)23)12-10-21(18-14(12)16)11-3-2-5-17-9-11/h2-3,5,9-10H,4,6-8H2,1H3. The van der Waals surface area contributed by atoms with Crippen molar-refractivity contribution in [1.29, 1.82) is 0 Å². The molecule has 1 saturated heterocycles. The molecule has 3 rings (SSSR count). The van der Waals surface area contributed by atoms with Crippen LogP contribution in [0.4, 0.5) is 10.5 Å². The fourth-order valence-corrected chi connectivity index (χ4v) is 2.61. The summed E-state index contributed by atoms with van der Waals surface area (Å²) in [6, 6.07) is 3.62. The van der Waals surface area contributed by atoms with Crippen LogP contribution in [0.15, 0.2) is 30.7 Å². The Kier molecular flexibility index (Phi) is 4.66. The van der Waals surface area contributed by atoms with Crippen molar-refractivity contribution < 1.29 is 14.3 Å². The van der Waals surface area contributed by atoms with E-state index in [0.29, 0.717) is 25.4 Å². The Labute approximate surface area is 143 Å². The molecule has 1 aliphatic rings. The minimum absolute atomic E-state index is 0.165. The first-order chi connectivity index (χ1) is 11.6. The minimum atomic E-state index is -0.382. The van der Waals surface area contributed by atoms with Crippen LogP contribution in [0.2, 0.25) is 5.15 Å². The number of hydrogen-bond acceptors (Lipinski definition) is 5. The van der Waals surface area contributed by atoms with Crippen molar-refractivity contribution >= 4 is 29.3 Å². The fraction of sp³-hybridized carbons (Fsp3) is 0.333. The van der Waals surface area contributed by atoms with Gasteiger partial charge in [-0.1, -0.05) is 11.6 Å². The average molecular weight is 350 g/mol. The molecule has 2 aromatic rings. The summed E-state index contributed by atoms with van der Waals surface area (Å²) in [5.41, 5.74) is 1.24. The SMILES string of the molecule is CN(C(=O)CCN1CCOC1=O)c1cn(-c2cccnc2)nc1Cl. The molecular weight excluding hydrogens is 334 g/mol. The van der Waals surface area contributed by atoms with Gasteiger partial charge >= 0.3 is 6.09 Å². The lowest BCUT2D eigenvalue weighted by Crippen LogP contribution is -2.32. The molecule has 0 unspecified atom stereocenters. The van der Waals surface area contributed by atoms with Gasteiger partial charge in [-0.05, 0) is 12.1 Å². The average Bonchev–Trinajstić information content (AvgIpc) is 3.18. The van der Waals surface area contributed by atoms with E-state index in [0.717, 1.165) is 5.69 Å². The van der Waals surface area contributed by atoms with Crippen LogP contribution in [0.25, 0.3) is 5.69 Å². The zero-order valence-electron chi connectivity index (χ0n) is 13.1. The smallest absolute Gasteiger partial charge is 0.409 e. The van der Waals surface area contributed by atoms with Crippen LogP contribution in [-0.2, 0) is 9.53 Å². The maximum atomic E-state index is 12.3. The van der Waals surface area contributed by atoms with E-state index in [-0.39, 0.29) is 23.6 Å². The minimum Gasteiger partial charge on any atom is -0.448 e. The van der Waals surface area contributed by atoms with Gasteiger partial charge in [0.25, 0.3) is 0 Å². The highest BCUT2D eigenvalue weighted by Gasteiger charge is 2.24. The van der Waals surface area contributed by atoms with Crippen LogP contribution in [0, 0.1) is 0 Å². The number of aromatic nitrogens is 3. The summed E-state index contributed by atoms with van der Waals surface area (Å²) < 4.78 is 6.40. The summed E-state index contributed by atoms with van der Waals surface area (Å²) in [4.78, 5) is 30.7. The van der Waals surface area contributed by atoms with Gasteiger partial charge in [-0.3, -0.25) is 9.78 Å². The van der Waals surface area contributed by atoms with Gasteiger partial charge in [0.05, 0.1) is 24.6 Å². The number of ether oxygens (including phenoxy) is 1. The van der Waals surface area contributed by atoms with Crippen LogP contribution in [0.3, 0.4) is 0 Å². The molecule has 0 bridgehead atoms. The van der Waals surface area contributed by atoms with Gasteiger partial charge in [0.1, 0.15) is 12.3 Å². The van der Waals surface area contributed by atoms with Crippen LogP contribution >= 0.6 is 11.6 Å². The highest BCUT2D eigenvalue weighted by Crippen LogP contribution is 2.25. The highest BCUT2D eigenvalue weighted by atomic mass is 35.5. The monoisotopic (exact) mass is 349 g/mol. The Morgan fingerprint density at radius 2 is 2.33 bits per heavy atom. The first-order valence-corrected chi connectivity index (χ1v) is 7.78. The van der Waals surface area contributed by atoms with Gasteiger partial charge in [0.15, 0.2) is 5.15 Å². The fourth-order valence-electron chi connectivity index (χ4n) is 2.35. The third kappa shape index (κ3) is 3.33. The van der Waals surface area contributed by atoms with Gasteiger partial charge < -0.3 is 14.5 Å². The molecule has 0 atom stereocenters. The Balaban J connectivity index is 1.68. The number of halogens is 1. The summed E-state index contributed by atoms with van der Waals surface area (Å²) in [5, 5.41) is 4.42. The number of carbonyl (C=O) groups excluding carboxylic acids is 2. The number of carbonyl (C=O) groups is 2. The molecule has 24 heavy (non-hydrogen) atoms. The number of pyridine rings is 1. The van der Waals surface area contributed by atoms with E-state index < -0.39 is 0 Å². The van der Waals surface area contributed by atoms with Crippen LogP contribution in [-0.4, -0.2) is 58.4 Å². The molecule has 0 saturated carbocycles. The molecule has 3 heterocycles. The third-order valence-electron chi connectivity index (χ3n) is 3.74. The second kappa shape index (κ2) is 6.88. The van der Waals surface area contributed by atoms with E-state index in [2.05, 4.69) is 10.1 Å². The van der Waals surface area contributed by atoms with Gasteiger partial charge in [-0.25, -0.2) is 9.48 Å². The molecule has 2 amide bonds. The molecule has 0 N–H and O–H groups in total. The first-order valence-electron chi connectivity index (χ1n) is 7.40. The summed E-state index contributed by atoms with van der Waals surface area (Å²) in [6.45, 7) is 1.19. The van der Waals surface area contributed by atoms with E-state index in [9.17, 15) is 9.59 Å². The van der Waals surface area contributed by atoms with Gasteiger partial charge in [0.2, 0.25) is 5.91 Å². The van der Waals surface area contributed by atoms with E-state index in [1.54, 1.807) is 36.4 Å². The van der Waals surface area contributed by atoms with Crippen molar-refractivity contribution in [2.45, 2.75) is 6.42 Å². The van der Waals surface area contributed by atoms with Crippen molar-refractivity contribution in [3.63, 3.8) is 0 Å². The van der Waals surface area contributed by atoms with Gasteiger partial charge in [-0.2, -0.15) is 5.10 Å². The van der Waals surface area contributed by atoms with E-state index in [4.69, 9.17) is 16.3 Å². The molecule has 1 aliphatic heterocycles. The molecule has 1 fully saturated rings. The summed E-state index contributed by atoms with van der Waals surface area (Å²) >= 11 is 6.15. The summed E-state index contributed by atoms with van der Waals surface area (Å²) in [6.07, 6.45) is 4.77. The molecular formula is C15H16ClN5O3. The molecule has 0 radical (unpaired) electrons. The Morgan fingerprint density at radius 3 is 3.00 bits per heavy atom. The van der Waals surface area contributed by atoms with Crippen LogP contribution in [0.5, 0.6) is 0 Å². The lowest BCUT2D eigenvalue weighted by atomic mass is 10.3. The number of anilines is 1. The van der Waals surface area contributed by atoms with Crippen molar-refractivity contribution in [3.05, 3.63) is 35.9 Å². The van der Waals surface area contributed by atoms with Crippen molar-refractivity contribution in [3.8, 4) is 5.69 Å². The maximum absolute atomic E-state index is 12.3. The van der Waals surface area contributed by atoms with Crippen LogP contribution in [0.1, 0.15) is 6.42 Å². The van der Waals surface area contributed by atoms with E-state index in [1.165, 1.54) is 9.80 Å². The highest BCUT2D eigenvalue weighted by molar-refractivity contribution is 6.32. The van der Waals surface area contributed by atoms with Gasteiger partial charge in [-0.15, -0.1) is 0 Å². The number of rotatable bonds is 5. The number of hydrogen-bond donors (Lipinski definition) is 0. The zero-order valence-corrected chi connectivity index (χ0v) is 13.8. The molecule has 126 valence electrons. The van der Waals surface area contributed by atoms with E-state index >= 15 is 0 Å². The molecule has 0 aliphatic carbocycles. The predicted molar refractivity (Wildman–Crippen MR) is 87.3 cm³/mol. The third-order valence-corrected chi connectivity index (χ3v) is 4.01. The predicted octanol–water partition coefficient (Wildman–Crippen LogP) is 1.73. The molecule has 2 aromatic heterocycles. The summed E-state index contributed by atoms with van der Waals surface area (Å²) in [5.74, 6) is -0.165. The van der Waals surface area contributed by atoms with Crippen molar-refractivity contribution in [2.75, 3.05) is 31.6 Å². The molecule has 9 heteroatoms. The second-order valence-electron chi connectivity index (χ2n) is 5.27. The normalized spacial score (nSPS) is 13.9. The summed E-state index contributed by atoms with van der Waals surface area (Å²) in [7, 11) is 1.63. The maximum Gasteiger partial charge on any atom is 0.409 e. The lowest BCUT2D eigenvalue weighted by molar-refractivity contribution is -0.118. The molecule has 0 aromatic carbocycles. The Bertz CT molecular complexity index is 749. The topological polar surface area (TPSA) is 80.6 Å². The quantitative estimate of drug-likeness (QED) is 0.821. The van der Waals surface area contributed by atoms with Gasteiger partial charge in [0, 0.05) is 26.2 Å².